The van der Waals surface area contributed by atoms with Gasteiger partial charge >= 0.3 is 13.8 Å². The van der Waals surface area contributed by atoms with Gasteiger partial charge in [0.2, 0.25) is 0 Å². The lowest BCUT2D eigenvalue weighted by Crippen LogP contribution is -2.33. The summed E-state index contributed by atoms with van der Waals surface area (Å²) in [6, 6.07) is 0. The van der Waals surface area contributed by atoms with Gasteiger partial charge in [-0.15, -0.1) is 0 Å². The predicted molar refractivity (Wildman–Crippen MR) is 104 cm³/mol. The van der Waals surface area contributed by atoms with Crippen molar-refractivity contribution in [2.24, 2.45) is 0 Å². The number of hydrogen-bond donors (Lipinski definition) is 4. The third kappa shape index (κ3) is 4.37. The molecule has 5 N–H and O–H groups in total. The zero-order chi connectivity index (χ0) is 22.2. The summed E-state index contributed by atoms with van der Waals surface area (Å²) in [5.74, 6) is -0.841. The molecule has 1 unspecified atom stereocenters. The Balaban J connectivity index is 1.41. The van der Waals surface area contributed by atoms with Crippen LogP contribution in [0.15, 0.2) is 36.5 Å². The maximum Gasteiger partial charge on any atom is 0.529 e. The highest BCUT2D eigenvalue weighted by Gasteiger charge is 2.45. The summed E-state index contributed by atoms with van der Waals surface area (Å²) in [6.45, 7) is -0.627. The lowest BCUT2D eigenvalue weighted by atomic mass is 10.1. The summed E-state index contributed by atoms with van der Waals surface area (Å²) in [7, 11) is -4.78. The van der Waals surface area contributed by atoms with Gasteiger partial charge in [0.05, 0.1) is 12.9 Å². The Hall–Kier alpha value is -2.67. The number of carbonyl (C=O) groups is 1. The molecule has 1 saturated heterocycles. The number of allylic oxidation sites excluding steroid dienone is 3. The fourth-order valence-corrected chi connectivity index (χ4v) is 3.99. The standard InChI is InChI=1S/C17H20N5O8P/c18-14-11-15(20-7-19-14)22(8-21-11)16-13(24)12(23)10(29-16)6-28-31(26,27)30-17(25)9-4-2-1-3-5-9/h1-2,5,7-8,10,12-13,16,23-24H,3-4,6H2,(H,26,27)(H2,18,19,20)/t10-,12-,13-,16-/m1/s1. The number of imidazole rings is 1. The monoisotopic (exact) mass is 453 g/mol. The minimum absolute atomic E-state index is 0.128. The van der Waals surface area contributed by atoms with Gasteiger partial charge in [-0.25, -0.2) is 24.3 Å². The Morgan fingerprint density at radius 2 is 2.10 bits per heavy atom. The van der Waals surface area contributed by atoms with E-state index in [-0.39, 0.29) is 29.0 Å². The maximum atomic E-state index is 12.1. The van der Waals surface area contributed by atoms with E-state index in [9.17, 15) is 24.5 Å². The molecule has 2 aromatic heterocycles. The lowest BCUT2D eigenvalue weighted by Gasteiger charge is -2.18. The number of phosphoric ester groups is 1. The molecule has 0 bridgehead atoms. The summed E-state index contributed by atoms with van der Waals surface area (Å²) in [4.78, 5) is 33.8. The van der Waals surface area contributed by atoms with Crippen molar-refractivity contribution in [3.63, 3.8) is 0 Å². The van der Waals surface area contributed by atoms with E-state index in [2.05, 4.69) is 19.5 Å². The number of aliphatic hydroxyl groups excluding tert-OH is 2. The number of aromatic nitrogens is 4. The smallest absolute Gasteiger partial charge is 0.387 e. The molecule has 2 aromatic rings. The summed E-state index contributed by atoms with van der Waals surface area (Å²) in [5, 5.41) is 20.7. The number of nitrogens with two attached hydrogens (primary N) is 1. The number of nitrogens with zero attached hydrogens (tertiary/aromatic N) is 4. The van der Waals surface area contributed by atoms with E-state index < -0.39 is 44.9 Å². The Morgan fingerprint density at radius 3 is 2.84 bits per heavy atom. The third-order valence-corrected chi connectivity index (χ3v) is 5.74. The number of phosphoric acid groups is 1. The number of anilines is 1. The molecule has 166 valence electrons. The molecule has 31 heavy (non-hydrogen) atoms. The van der Waals surface area contributed by atoms with Crippen molar-refractivity contribution in [2.75, 3.05) is 12.3 Å². The Bertz CT molecular complexity index is 1100. The largest absolute Gasteiger partial charge is 0.529 e. The van der Waals surface area contributed by atoms with Crippen molar-refractivity contribution in [3.8, 4) is 0 Å². The van der Waals surface area contributed by atoms with Crippen LogP contribution in [0.5, 0.6) is 0 Å². The normalized spacial score (nSPS) is 27.8. The molecule has 4 rings (SSSR count). The zero-order valence-corrected chi connectivity index (χ0v) is 16.9. The average Bonchev–Trinajstić information content (AvgIpc) is 3.29. The summed E-state index contributed by atoms with van der Waals surface area (Å²) < 4.78 is 28.5. The first-order valence-corrected chi connectivity index (χ1v) is 10.8. The van der Waals surface area contributed by atoms with Crippen LogP contribution < -0.4 is 5.73 Å². The second-order valence-corrected chi connectivity index (χ2v) is 8.29. The van der Waals surface area contributed by atoms with E-state index in [4.69, 9.17) is 15.0 Å². The molecule has 1 aliphatic heterocycles. The van der Waals surface area contributed by atoms with Gasteiger partial charge in [-0.1, -0.05) is 18.2 Å². The minimum atomic E-state index is -4.78. The molecule has 0 aromatic carbocycles. The van der Waals surface area contributed by atoms with Crippen LogP contribution in [0.2, 0.25) is 0 Å². The first-order chi connectivity index (χ1) is 14.8. The van der Waals surface area contributed by atoms with Crippen LogP contribution in [0, 0.1) is 0 Å². The highest BCUT2D eigenvalue weighted by atomic mass is 31.2. The van der Waals surface area contributed by atoms with Crippen molar-refractivity contribution in [1.82, 2.24) is 19.5 Å². The number of hydrogen-bond acceptors (Lipinski definition) is 11. The van der Waals surface area contributed by atoms with Crippen molar-refractivity contribution >= 4 is 30.8 Å². The van der Waals surface area contributed by atoms with E-state index >= 15 is 0 Å². The van der Waals surface area contributed by atoms with Gasteiger partial charge in [0, 0.05) is 5.57 Å². The van der Waals surface area contributed by atoms with Gasteiger partial charge < -0.3 is 25.2 Å². The van der Waals surface area contributed by atoms with E-state index in [0.29, 0.717) is 6.42 Å². The third-order valence-electron chi connectivity index (χ3n) is 4.87. The maximum absolute atomic E-state index is 12.1. The van der Waals surface area contributed by atoms with Crippen LogP contribution in [-0.2, 0) is 23.1 Å². The first kappa shape index (κ1) is 21.6. The fraction of sp³-hybridized carbons (Fsp3) is 0.412. The molecule has 0 amide bonds. The topological polar surface area (TPSA) is 192 Å². The highest BCUT2D eigenvalue weighted by Crippen LogP contribution is 2.45. The second kappa shape index (κ2) is 8.46. The van der Waals surface area contributed by atoms with Crippen LogP contribution >= 0.6 is 7.82 Å². The van der Waals surface area contributed by atoms with E-state index in [1.807, 2.05) is 6.08 Å². The van der Waals surface area contributed by atoms with Crippen LogP contribution in [0.4, 0.5) is 5.82 Å². The summed E-state index contributed by atoms with van der Waals surface area (Å²) in [6.07, 6.45) is 3.26. The Morgan fingerprint density at radius 1 is 1.29 bits per heavy atom. The number of ether oxygens (including phenoxy) is 1. The van der Waals surface area contributed by atoms with Gasteiger partial charge in [-0.05, 0) is 12.8 Å². The number of nitrogen functional groups attached to an aromatic ring is 1. The molecular weight excluding hydrogens is 433 g/mol. The lowest BCUT2D eigenvalue weighted by molar-refractivity contribution is -0.132. The van der Waals surface area contributed by atoms with Crippen molar-refractivity contribution in [2.45, 2.75) is 37.4 Å². The second-order valence-electron chi connectivity index (χ2n) is 6.91. The number of carbonyl (C=O) groups excluding carboxylic acids is 1. The van der Waals surface area contributed by atoms with Crippen LogP contribution in [0.1, 0.15) is 19.1 Å². The zero-order valence-electron chi connectivity index (χ0n) is 16.0. The molecule has 0 radical (unpaired) electrons. The van der Waals surface area contributed by atoms with Crippen LogP contribution in [0.25, 0.3) is 11.2 Å². The Labute approximate surface area is 175 Å². The van der Waals surface area contributed by atoms with E-state index in [1.54, 1.807) is 12.2 Å². The van der Waals surface area contributed by atoms with Gasteiger partial charge in [0.25, 0.3) is 0 Å². The van der Waals surface area contributed by atoms with Crippen LogP contribution in [-0.4, -0.2) is 65.5 Å². The minimum Gasteiger partial charge on any atom is -0.387 e. The van der Waals surface area contributed by atoms with Crippen molar-refractivity contribution in [1.29, 1.82) is 0 Å². The fourth-order valence-electron chi connectivity index (χ4n) is 3.28. The number of rotatable bonds is 6. The summed E-state index contributed by atoms with van der Waals surface area (Å²) in [5.41, 5.74) is 6.53. The number of aliphatic hydroxyl groups is 2. The molecule has 2 aliphatic rings. The molecule has 14 heteroatoms. The van der Waals surface area contributed by atoms with Crippen molar-refractivity contribution < 1.29 is 38.3 Å². The first-order valence-electron chi connectivity index (χ1n) is 9.27. The summed E-state index contributed by atoms with van der Waals surface area (Å²) >= 11 is 0. The molecule has 3 heterocycles. The van der Waals surface area contributed by atoms with Gasteiger partial charge in [0.15, 0.2) is 17.7 Å². The average molecular weight is 453 g/mol. The predicted octanol–water partition coefficient (Wildman–Crippen LogP) is -0.0357. The molecule has 1 fully saturated rings. The van der Waals surface area contributed by atoms with E-state index in [0.717, 1.165) is 0 Å². The Kier molecular flexibility index (Phi) is 5.88. The SMILES string of the molecule is Nc1ncnc2c1ncn2[C@@H]1O[C@H](COP(=O)(O)OC(=O)C2=CCC=CC2)[C@@H](O)[C@H]1O. The van der Waals surface area contributed by atoms with Gasteiger partial charge in [-0.2, -0.15) is 0 Å². The molecule has 0 spiro atoms. The number of fused-ring (bicyclic) bond motifs is 1. The molecule has 13 nitrogen and oxygen atoms in total. The molecular formula is C17H20N5O8P. The van der Waals surface area contributed by atoms with E-state index in [1.165, 1.54) is 17.2 Å². The molecule has 5 atom stereocenters. The molecule has 1 aliphatic carbocycles. The highest BCUT2D eigenvalue weighted by molar-refractivity contribution is 7.48. The van der Waals surface area contributed by atoms with Crippen LogP contribution in [0.3, 0.4) is 0 Å². The van der Waals surface area contributed by atoms with Gasteiger partial charge in [-0.3, -0.25) is 14.0 Å². The van der Waals surface area contributed by atoms with Gasteiger partial charge in [0.1, 0.15) is 30.2 Å². The molecule has 0 saturated carbocycles. The quantitative estimate of drug-likeness (QED) is 0.337. The van der Waals surface area contributed by atoms with Crippen molar-refractivity contribution in [3.05, 3.63) is 36.5 Å².